The minimum atomic E-state index is -1.06. The number of likely N-dealkylation sites (N-methyl/N-ethyl adjacent to an activating group) is 3. The number of carbonyl (C=O) groups excluding carboxylic acids is 14. The zero-order valence-corrected chi connectivity index (χ0v) is 66.0. The van der Waals surface area contributed by atoms with E-state index in [2.05, 4.69) is 16.0 Å². The lowest BCUT2D eigenvalue weighted by Crippen LogP contribution is -2.54. The van der Waals surface area contributed by atoms with E-state index < -0.39 is 88.3 Å². The number of nitrogens with one attached hydrogen (secondary N) is 3. The smallest absolute Gasteiger partial charge is 0.410 e. The Hall–Kier alpha value is -9.34. The number of carbonyl (C=O) groups is 14. The van der Waals surface area contributed by atoms with Crippen LogP contribution in [0, 0.1) is 5.82 Å². The largest absolute Gasteiger partial charge is 0.444 e. The second kappa shape index (κ2) is 44.0. The molecule has 31 nitrogen and oxygen atoms in total. The molecule has 0 radical (unpaired) electrons. The third kappa shape index (κ3) is 23.9. The van der Waals surface area contributed by atoms with Crippen molar-refractivity contribution >= 4 is 107 Å². The number of hydrogen-bond acceptors (Lipinski definition) is 23. The Labute approximate surface area is 676 Å². The number of likely N-dealkylation sites (tertiary alicyclic amines) is 5. The number of piperidine rings is 6. The summed E-state index contributed by atoms with van der Waals surface area (Å²) in [6.45, 7) is 21.7. The fourth-order valence-electron chi connectivity index (χ4n) is 13.9. The molecule has 6 saturated heterocycles. The van der Waals surface area contributed by atoms with Gasteiger partial charge in [-0.1, -0.05) is 54.3 Å². The molecule has 9 heterocycles. The van der Waals surface area contributed by atoms with Crippen LogP contribution in [0.2, 0.25) is 0 Å². The minimum Gasteiger partial charge on any atom is -0.444 e. The average molecular weight is 1620 g/mol. The third-order valence-electron chi connectivity index (χ3n) is 19.7. The number of anilines is 2. The molecule has 0 bridgehead atoms. The predicted octanol–water partition coefficient (Wildman–Crippen LogP) is 9.33. The van der Waals surface area contributed by atoms with Crippen molar-refractivity contribution in [2.45, 2.75) is 222 Å². The van der Waals surface area contributed by atoms with Crippen LogP contribution in [0.3, 0.4) is 0 Å². The van der Waals surface area contributed by atoms with Gasteiger partial charge in [0.05, 0.1) is 51.7 Å². The van der Waals surface area contributed by atoms with E-state index in [1.807, 2.05) is 41.5 Å². The first-order valence-electron chi connectivity index (χ1n) is 38.5. The maximum Gasteiger partial charge on any atom is 0.410 e. The van der Waals surface area contributed by atoms with E-state index in [1.54, 1.807) is 53.1 Å². The van der Waals surface area contributed by atoms with Gasteiger partial charge in [-0.05, 0) is 175 Å². The molecule has 5 N–H and O–H groups in total. The number of ether oxygens (including phenoxy) is 5. The van der Waals surface area contributed by atoms with Crippen molar-refractivity contribution in [1.29, 1.82) is 0 Å². The van der Waals surface area contributed by atoms with Crippen molar-refractivity contribution in [2.75, 3.05) is 111 Å². The Kier molecular flexibility index (Phi) is 36.7. The number of amides is 14. The van der Waals surface area contributed by atoms with Crippen LogP contribution in [0.4, 0.5) is 25.4 Å². The van der Waals surface area contributed by atoms with E-state index in [0.717, 1.165) is 99.9 Å². The van der Waals surface area contributed by atoms with Crippen LogP contribution < -0.4 is 21.7 Å². The Bertz CT molecular complexity index is 3950. The molecule has 33 heteroatoms. The molecule has 3 aromatic rings. The Balaban J connectivity index is 0.000000327. The molecule has 3 unspecified atom stereocenters. The molecule has 9 aliphatic rings. The van der Waals surface area contributed by atoms with Gasteiger partial charge in [-0.15, -0.1) is 12.4 Å². The Morgan fingerprint density at radius 2 is 0.789 bits per heavy atom. The summed E-state index contributed by atoms with van der Waals surface area (Å²) in [6, 6.07) is 10.9. The maximum absolute atomic E-state index is 13.7. The summed E-state index contributed by atoms with van der Waals surface area (Å²) in [7, 11) is 4.05. The lowest BCUT2D eigenvalue weighted by atomic mass is 10.0. The monoisotopic (exact) mass is 1620 g/mol. The highest BCUT2D eigenvalue weighted by Crippen LogP contribution is 2.36. The SMILES string of the molecule is C.C.C.CC(C)(C)OC(=O)N1CCC(OCCCN)CC1.CN1C(=O)CCC(N2C(=O)c3cccc(F)c3C2=O)C1=O.CN1C(=O)CCC(N2C(=O)c3cccc(NCCCOC4CCN(C(=O)OC(C)(C)C)CC4)c3C2=O)C1=O.CN1C(=O)CCC(N2C(=O)c3cccc(NCCCOC4CCNCC4)c3C2=O)C1=O.Cl.[2H]CC. The van der Waals surface area contributed by atoms with Crippen molar-refractivity contribution in [1.82, 2.24) is 44.5 Å². The number of halogens is 2. The maximum atomic E-state index is 13.7. The van der Waals surface area contributed by atoms with E-state index in [1.165, 1.54) is 33.3 Å². The van der Waals surface area contributed by atoms with Crippen LogP contribution in [0.15, 0.2) is 54.6 Å². The fourth-order valence-corrected chi connectivity index (χ4v) is 13.9. The van der Waals surface area contributed by atoms with Gasteiger partial charge in [0, 0.05) is 112 Å². The molecular formula is C81H120ClFN12O19. The van der Waals surface area contributed by atoms with Crippen molar-refractivity contribution in [3.63, 3.8) is 0 Å². The van der Waals surface area contributed by atoms with Crippen LogP contribution in [-0.2, 0) is 52.5 Å². The molecule has 3 aromatic carbocycles. The second-order valence-corrected chi connectivity index (χ2v) is 29.7. The van der Waals surface area contributed by atoms with Crippen molar-refractivity contribution in [3.05, 3.63) is 93.8 Å². The summed E-state index contributed by atoms with van der Waals surface area (Å²) < 4.78 is 48.3. The van der Waals surface area contributed by atoms with E-state index in [0.29, 0.717) is 102 Å². The molecule has 0 aliphatic carbocycles. The number of benzene rings is 3. The van der Waals surface area contributed by atoms with E-state index in [4.69, 9.17) is 30.8 Å². The van der Waals surface area contributed by atoms with Gasteiger partial charge in [0.1, 0.15) is 35.1 Å². The summed E-state index contributed by atoms with van der Waals surface area (Å²) in [4.78, 5) is 182. The van der Waals surface area contributed by atoms with Gasteiger partial charge in [0.2, 0.25) is 17.7 Å². The normalized spacial score (nSPS) is 20.0. The van der Waals surface area contributed by atoms with Crippen molar-refractivity contribution in [2.24, 2.45) is 5.73 Å². The van der Waals surface area contributed by atoms with Crippen LogP contribution in [0.25, 0.3) is 0 Å². The fraction of sp³-hybridized carbons (Fsp3) is 0.605. The molecule has 3 atom stereocenters. The molecule has 632 valence electrons. The number of rotatable bonds is 19. The summed E-state index contributed by atoms with van der Waals surface area (Å²) >= 11 is 0. The van der Waals surface area contributed by atoms with Crippen molar-refractivity contribution in [3.8, 4) is 0 Å². The summed E-state index contributed by atoms with van der Waals surface area (Å²) in [5.74, 6) is -7.00. The molecule has 12 rings (SSSR count). The minimum absolute atomic E-state index is 0. The molecule has 0 spiro atoms. The second-order valence-electron chi connectivity index (χ2n) is 29.7. The average Bonchev–Trinajstić information content (AvgIpc) is 1.61. The number of hydrogen-bond donors (Lipinski definition) is 4. The van der Waals surface area contributed by atoms with E-state index in [-0.39, 0.29) is 143 Å². The molecular weight excluding hydrogens is 1500 g/mol. The lowest BCUT2D eigenvalue weighted by molar-refractivity contribution is -0.151. The first-order valence-corrected chi connectivity index (χ1v) is 37.8. The zero-order chi connectivity index (χ0) is 81.2. The van der Waals surface area contributed by atoms with Crippen LogP contribution in [-0.4, -0.2) is 270 Å². The Morgan fingerprint density at radius 3 is 1.11 bits per heavy atom. The van der Waals surface area contributed by atoms with Gasteiger partial charge in [-0.3, -0.25) is 86.9 Å². The summed E-state index contributed by atoms with van der Waals surface area (Å²) in [6.07, 6.45) is 8.38. The standard InChI is InChI=1S/C27H36N4O7.C22H28N4O5.C14H11FN2O4.C13H26N2O3.C2H6.3CH4.ClH/c1-27(2,3)38-26(36)30-14-11-17(12-15-30)37-16-6-13-28-19-8-5-7-18-22(19)25(35)31(23(18)33)20-9-10-21(32)29(4)24(20)34;1-25-18(27)7-6-17(21(25)29)26-20(28)15-4-2-5-16(19(15)22(26)30)24-10-3-13-31-14-8-11-23-12-9-14;1-16-10(18)6-5-9(13(16)20)17-12(19)7-3-2-4-8(15)11(7)14(17)21;1-13(2,3)18-12(16)15-8-5-11(6-9-15)17-10-4-7-14;1-2;;;;/h5,7-8,17,20,28H,6,9-16H2,1-4H3;2,4-5,14,17,23-24H,3,6-13H2,1H3;2-4,9H,5-6H2,1H3;11H,4-10,14H2,1-3H3;1-2H3;3*1H4;1H/i;;;;1D;;;;. The molecule has 114 heavy (non-hydrogen) atoms. The van der Waals surface area contributed by atoms with Gasteiger partial charge in [-0.25, -0.2) is 14.0 Å². The molecule has 6 fully saturated rings. The van der Waals surface area contributed by atoms with Gasteiger partial charge >= 0.3 is 12.2 Å². The topological polar surface area (TPSA) is 373 Å². The Morgan fingerprint density at radius 1 is 0.482 bits per heavy atom. The highest BCUT2D eigenvalue weighted by atomic mass is 35.5. The van der Waals surface area contributed by atoms with E-state index >= 15 is 0 Å². The third-order valence-corrected chi connectivity index (χ3v) is 19.7. The predicted molar refractivity (Wildman–Crippen MR) is 427 cm³/mol. The van der Waals surface area contributed by atoms with Crippen molar-refractivity contribution < 1.29 is 96.6 Å². The quantitative estimate of drug-likeness (QED) is 0.0641. The number of nitrogens with two attached hydrogens (primary N) is 1. The van der Waals surface area contributed by atoms with Crippen LogP contribution >= 0.6 is 12.4 Å². The molecule has 14 amide bonds. The zero-order valence-electron chi connectivity index (χ0n) is 66.2. The lowest BCUT2D eigenvalue weighted by Gasteiger charge is -2.33. The van der Waals surface area contributed by atoms with Gasteiger partial charge in [0.25, 0.3) is 53.2 Å². The number of nitrogens with zero attached hydrogens (tertiary/aromatic N) is 8. The molecule has 0 saturated carbocycles. The van der Waals surface area contributed by atoms with Gasteiger partial charge in [-0.2, -0.15) is 0 Å². The van der Waals surface area contributed by atoms with Gasteiger partial charge < -0.3 is 55.2 Å². The summed E-state index contributed by atoms with van der Waals surface area (Å²) in [5, 5.41) is 9.78. The highest BCUT2D eigenvalue weighted by Gasteiger charge is 2.50. The van der Waals surface area contributed by atoms with Crippen LogP contribution in [0.5, 0.6) is 0 Å². The molecule has 0 aromatic heterocycles. The molecule has 9 aliphatic heterocycles. The first kappa shape index (κ1) is 95.2. The van der Waals surface area contributed by atoms with Gasteiger partial charge in [0.15, 0.2) is 0 Å². The number of fused-ring (bicyclic) bond motifs is 3. The summed E-state index contributed by atoms with van der Waals surface area (Å²) in [5.41, 5.74) is 6.30. The van der Waals surface area contributed by atoms with E-state index in [9.17, 15) is 71.5 Å². The van der Waals surface area contributed by atoms with Crippen LogP contribution in [0.1, 0.15) is 237 Å². The first-order chi connectivity index (χ1) is 52.7. The number of imide groups is 6. The highest BCUT2D eigenvalue weighted by molar-refractivity contribution is 6.27.